The summed E-state index contributed by atoms with van der Waals surface area (Å²) in [5.41, 5.74) is 2.15. The largest absolute Gasteiger partial charge is 0.493 e. The molecule has 0 bridgehead atoms. The number of ether oxygens (including phenoxy) is 2. The molecule has 0 aromatic heterocycles. The van der Waals surface area contributed by atoms with Crippen LogP contribution < -0.4 is 14.8 Å². The van der Waals surface area contributed by atoms with Gasteiger partial charge in [-0.15, -0.1) is 0 Å². The molecule has 2 aromatic carbocycles. The molecule has 0 heterocycles. The second kappa shape index (κ2) is 8.39. The lowest BCUT2D eigenvalue weighted by molar-refractivity contribution is -0.122. The van der Waals surface area contributed by atoms with Crippen molar-refractivity contribution in [3.63, 3.8) is 0 Å². The summed E-state index contributed by atoms with van der Waals surface area (Å²) in [6.07, 6.45) is 0.460. The standard InChI is InChI=1S/C20H25NO3/c1-14(16-8-6-5-7-9-16)12-20(22)21-15(2)17-10-11-18(23-3)19(13-17)24-4/h5-11,13-15H,12H2,1-4H3,(H,21,22)/t14-,15-/m0/s1. The van der Waals surface area contributed by atoms with Crippen molar-refractivity contribution in [3.8, 4) is 11.5 Å². The summed E-state index contributed by atoms with van der Waals surface area (Å²) in [5.74, 6) is 1.56. The number of rotatable bonds is 7. The van der Waals surface area contributed by atoms with E-state index in [2.05, 4.69) is 24.4 Å². The second-order valence-corrected chi connectivity index (χ2v) is 5.92. The normalized spacial score (nSPS) is 13.0. The maximum atomic E-state index is 12.3. The van der Waals surface area contributed by atoms with Crippen LogP contribution in [-0.2, 0) is 4.79 Å². The SMILES string of the molecule is COc1ccc([C@H](C)NC(=O)C[C@H](C)c2ccccc2)cc1OC. The number of methoxy groups -OCH3 is 2. The van der Waals surface area contributed by atoms with Crippen LogP contribution in [0.25, 0.3) is 0 Å². The van der Waals surface area contributed by atoms with Crippen LogP contribution in [0.2, 0.25) is 0 Å². The van der Waals surface area contributed by atoms with Crippen LogP contribution in [0.4, 0.5) is 0 Å². The van der Waals surface area contributed by atoms with E-state index in [4.69, 9.17) is 9.47 Å². The molecule has 0 aliphatic carbocycles. The molecule has 128 valence electrons. The number of hydrogen-bond donors (Lipinski definition) is 1. The van der Waals surface area contributed by atoms with Crippen LogP contribution in [0.15, 0.2) is 48.5 Å². The van der Waals surface area contributed by atoms with Crippen molar-refractivity contribution in [1.29, 1.82) is 0 Å². The third-order valence-corrected chi connectivity index (χ3v) is 4.15. The molecular weight excluding hydrogens is 302 g/mol. The highest BCUT2D eigenvalue weighted by molar-refractivity contribution is 5.77. The van der Waals surface area contributed by atoms with E-state index in [0.717, 1.165) is 5.56 Å². The van der Waals surface area contributed by atoms with Gasteiger partial charge in [-0.25, -0.2) is 0 Å². The van der Waals surface area contributed by atoms with Gasteiger partial charge in [0.25, 0.3) is 0 Å². The first-order valence-corrected chi connectivity index (χ1v) is 8.11. The van der Waals surface area contributed by atoms with E-state index in [1.165, 1.54) is 5.56 Å². The molecule has 2 aromatic rings. The summed E-state index contributed by atoms with van der Waals surface area (Å²) >= 11 is 0. The summed E-state index contributed by atoms with van der Waals surface area (Å²) in [4.78, 5) is 12.3. The van der Waals surface area contributed by atoms with E-state index in [9.17, 15) is 4.79 Å². The molecule has 2 atom stereocenters. The molecule has 0 unspecified atom stereocenters. The van der Waals surface area contributed by atoms with E-state index in [1.807, 2.05) is 43.3 Å². The second-order valence-electron chi connectivity index (χ2n) is 5.92. The Morgan fingerprint density at radius 1 is 0.958 bits per heavy atom. The lowest BCUT2D eigenvalue weighted by Gasteiger charge is -2.18. The third kappa shape index (κ3) is 4.51. The van der Waals surface area contributed by atoms with Gasteiger partial charge in [0.1, 0.15) is 0 Å². The molecule has 4 nitrogen and oxygen atoms in total. The molecule has 2 rings (SSSR count). The molecule has 0 spiro atoms. The van der Waals surface area contributed by atoms with Crippen LogP contribution in [0, 0.1) is 0 Å². The fourth-order valence-electron chi connectivity index (χ4n) is 2.68. The van der Waals surface area contributed by atoms with E-state index >= 15 is 0 Å². The molecule has 0 saturated carbocycles. The van der Waals surface area contributed by atoms with Gasteiger partial charge in [-0.2, -0.15) is 0 Å². The van der Waals surface area contributed by atoms with Gasteiger partial charge in [0, 0.05) is 6.42 Å². The molecule has 0 saturated heterocycles. The quantitative estimate of drug-likeness (QED) is 0.834. The van der Waals surface area contributed by atoms with Crippen LogP contribution >= 0.6 is 0 Å². The zero-order valence-electron chi connectivity index (χ0n) is 14.7. The Bertz CT molecular complexity index is 670. The highest BCUT2D eigenvalue weighted by Gasteiger charge is 2.15. The van der Waals surface area contributed by atoms with Gasteiger partial charge in [0.15, 0.2) is 11.5 Å². The first-order valence-electron chi connectivity index (χ1n) is 8.11. The maximum Gasteiger partial charge on any atom is 0.221 e. The summed E-state index contributed by atoms with van der Waals surface area (Å²) in [6, 6.07) is 15.7. The number of hydrogen-bond acceptors (Lipinski definition) is 3. The lowest BCUT2D eigenvalue weighted by atomic mass is 9.97. The summed E-state index contributed by atoms with van der Waals surface area (Å²) in [6.45, 7) is 4.03. The number of carbonyl (C=O) groups excluding carboxylic acids is 1. The van der Waals surface area contributed by atoms with Crippen LogP contribution in [0.3, 0.4) is 0 Å². The van der Waals surface area contributed by atoms with E-state index < -0.39 is 0 Å². The molecule has 4 heteroatoms. The molecule has 1 N–H and O–H groups in total. The zero-order chi connectivity index (χ0) is 17.5. The fraction of sp³-hybridized carbons (Fsp3) is 0.350. The monoisotopic (exact) mass is 327 g/mol. The Labute approximate surface area is 143 Å². The van der Waals surface area contributed by atoms with Crippen molar-refractivity contribution in [1.82, 2.24) is 5.32 Å². The van der Waals surface area contributed by atoms with Gasteiger partial charge in [-0.1, -0.05) is 43.3 Å². The molecule has 0 radical (unpaired) electrons. The van der Waals surface area contributed by atoms with E-state index in [1.54, 1.807) is 14.2 Å². The van der Waals surface area contributed by atoms with Crippen LogP contribution in [0.1, 0.15) is 43.4 Å². The molecule has 0 aliphatic rings. The number of amides is 1. The van der Waals surface area contributed by atoms with Crippen molar-refractivity contribution in [2.24, 2.45) is 0 Å². The van der Waals surface area contributed by atoms with E-state index in [-0.39, 0.29) is 17.9 Å². The van der Waals surface area contributed by atoms with Gasteiger partial charge >= 0.3 is 0 Å². The zero-order valence-corrected chi connectivity index (χ0v) is 14.7. The van der Waals surface area contributed by atoms with Crippen LogP contribution in [0.5, 0.6) is 11.5 Å². The smallest absolute Gasteiger partial charge is 0.221 e. The average Bonchev–Trinajstić information content (AvgIpc) is 2.61. The summed E-state index contributed by atoms with van der Waals surface area (Å²) in [7, 11) is 3.21. The lowest BCUT2D eigenvalue weighted by Crippen LogP contribution is -2.27. The van der Waals surface area contributed by atoms with Gasteiger partial charge in [0.05, 0.1) is 20.3 Å². The maximum absolute atomic E-state index is 12.3. The number of carbonyl (C=O) groups is 1. The Balaban J connectivity index is 1.98. The van der Waals surface area contributed by atoms with Gasteiger partial charge in [-0.05, 0) is 36.1 Å². The van der Waals surface area contributed by atoms with Gasteiger partial charge < -0.3 is 14.8 Å². The third-order valence-electron chi connectivity index (χ3n) is 4.15. The van der Waals surface area contributed by atoms with Crippen molar-refractivity contribution in [2.75, 3.05) is 14.2 Å². The average molecular weight is 327 g/mol. The minimum absolute atomic E-state index is 0.0358. The highest BCUT2D eigenvalue weighted by Crippen LogP contribution is 2.30. The molecular formula is C20H25NO3. The molecule has 1 amide bonds. The summed E-state index contributed by atoms with van der Waals surface area (Å²) < 4.78 is 10.6. The first-order chi connectivity index (χ1) is 11.5. The van der Waals surface area contributed by atoms with Crippen molar-refractivity contribution in [3.05, 3.63) is 59.7 Å². The minimum Gasteiger partial charge on any atom is -0.493 e. The molecule has 24 heavy (non-hydrogen) atoms. The molecule has 0 aliphatic heterocycles. The van der Waals surface area contributed by atoms with Gasteiger partial charge in [-0.3, -0.25) is 4.79 Å². The van der Waals surface area contributed by atoms with Crippen molar-refractivity contribution >= 4 is 5.91 Å². The Morgan fingerprint density at radius 2 is 1.62 bits per heavy atom. The van der Waals surface area contributed by atoms with Crippen LogP contribution in [-0.4, -0.2) is 20.1 Å². The molecule has 0 fully saturated rings. The topological polar surface area (TPSA) is 47.6 Å². The Morgan fingerprint density at radius 3 is 2.25 bits per heavy atom. The minimum atomic E-state index is -0.0970. The van der Waals surface area contributed by atoms with Gasteiger partial charge in [0.2, 0.25) is 5.91 Å². The Hall–Kier alpha value is -2.49. The predicted molar refractivity (Wildman–Crippen MR) is 95.6 cm³/mol. The number of benzene rings is 2. The van der Waals surface area contributed by atoms with Crippen molar-refractivity contribution < 1.29 is 14.3 Å². The number of nitrogens with one attached hydrogen (secondary N) is 1. The predicted octanol–water partition coefficient (Wildman–Crippen LogP) is 4.07. The summed E-state index contributed by atoms with van der Waals surface area (Å²) in [5, 5.41) is 3.05. The fourth-order valence-corrected chi connectivity index (χ4v) is 2.68. The van der Waals surface area contributed by atoms with Crippen molar-refractivity contribution in [2.45, 2.75) is 32.2 Å². The highest BCUT2D eigenvalue weighted by atomic mass is 16.5. The van der Waals surface area contributed by atoms with E-state index in [0.29, 0.717) is 17.9 Å². The Kier molecular flexibility index (Phi) is 6.24. The first kappa shape index (κ1) is 17.9.